The molecule has 0 aromatic carbocycles. The minimum atomic E-state index is 0.0290. The molecule has 110 valence electrons. The lowest BCUT2D eigenvalue weighted by Gasteiger charge is -2.29. The van der Waals surface area contributed by atoms with E-state index in [-0.39, 0.29) is 12.2 Å². The number of piperidine rings is 1. The summed E-state index contributed by atoms with van der Waals surface area (Å²) in [5.41, 5.74) is 0. The number of likely N-dealkylation sites (tertiary alicyclic amines) is 1. The smallest absolute Gasteiger partial charge is 0.241 e. The summed E-state index contributed by atoms with van der Waals surface area (Å²) >= 11 is 0. The molecule has 2 heterocycles. The van der Waals surface area contributed by atoms with Crippen LogP contribution in [0.4, 0.5) is 0 Å². The Balaban J connectivity index is 1.84. The van der Waals surface area contributed by atoms with Gasteiger partial charge in [0.2, 0.25) is 5.91 Å². The molecular formula is C15H29N3O. The van der Waals surface area contributed by atoms with Crippen molar-refractivity contribution in [1.82, 2.24) is 15.1 Å². The zero-order chi connectivity index (χ0) is 13.8. The van der Waals surface area contributed by atoms with E-state index in [1.165, 1.54) is 32.4 Å². The fourth-order valence-corrected chi connectivity index (χ4v) is 3.17. The third kappa shape index (κ3) is 3.48. The minimum absolute atomic E-state index is 0.0290. The molecular weight excluding hydrogens is 238 g/mol. The predicted molar refractivity (Wildman–Crippen MR) is 77.8 cm³/mol. The summed E-state index contributed by atoms with van der Waals surface area (Å²) in [6.07, 6.45) is 5.24. The van der Waals surface area contributed by atoms with Gasteiger partial charge in [-0.2, -0.15) is 0 Å². The van der Waals surface area contributed by atoms with Gasteiger partial charge in [0.25, 0.3) is 0 Å². The molecule has 2 rings (SSSR count). The standard InChI is InChI=1S/C15H29N3O/c1-4-12(2)14-15(19)18(13(3)16-14)11-10-17-8-6-5-7-9-17/h12-14,16H,4-11H2,1-3H3. The molecule has 0 radical (unpaired) electrons. The van der Waals surface area contributed by atoms with Gasteiger partial charge >= 0.3 is 0 Å². The Morgan fingerprint density at radius 1 is 1.26 bits per heavy atom. The molecule has 0 aromatic heterocycles. The zero-order valence-corrected chi connectivity index (χ0v) is 12.7. The number of carbonyl (C=O) groups excluding carboxylic acids is 1. The highest BCUT2D eigenvalue weighted by Crippen LogP contribution is 2.19. The van der Waals surface area contributed by atoms with Gasteiger partial charge in [-0.3, -0.25) is 10.1 Å². The molecule has 2 aliphatic rings. The molecule has 4 nitrogen and oxygen atoms in total. The fraction of sp³-hybridized carbons (Fsp3) is 0.933. The molecule has 1 amide bonds. The van der Waals surface area contributed by atoms with Crippen LogP contribution in [0.5, 0.6) is 0 Å². The summed E-state index contributed by atoms with van der Waals surface area (Å²) in [6, 6.07) is 0.0290. The minimum Gasteiger partial charge on any atom is -0.325 e. The van der Waals surface area contributed by atoms with Crippen LogP contribution in [0, 0.1) is 5.92 Å². The van der Waals surface area contributed by atoms with Crippen molar-refractivity contribution in [1.29, 1.82) is 0 Å². The lowest BCUT2D eigenvalue weighted by atomic mass is 9.99. The largest absolute Gasteiger partial charge is 0.325 e. The Kier molecular flexibility index (Phi) is 5.22. The lowest BCUT2D eigenvalue weighted by molar-refractivity contribution is -0.130. The number of hydrogen-bond donors (Lipinski definition) is 1. The normalized spacial score (nSPS) is 30.9. The molecule has 0 aliphatic carbocycles. The topological polar surface area (TPSA) is 35.6 Å². The van der Waals surface area contributed by atoms with Crippen LogP contribution in [0.25, 0.3) is 0 Å². The summed E-state index contributed by atoms with van der Waals surface area (Å²) in [7, 11) is 0. The highest BCUT2D eigenvalue weighted by atomic mass is 16.2. The third-order valence-corrected chi connectivity index (χ3v) is 4.76. The first kappa shape index (κ1) is 14.8. The number of carbonyl (C=O) groups is 1. The van der Waals surface area contributed by atoms with Crippen LogP contribution < -0.4 is 5.32 Å². The Hall–Kier alpha value is -0.610. The van der Waals surface area contributed by atoms with E-state index in [1.807, 2.05) is 4.90 Å². The van der Waals surface area contributed by atoms with Crippen LogP contribution in [-0.4, -0.2) is 54.1 Å². The average molecular weight is 267 g/mol. The number of nitrogens with one attached hydrogen (secondary N) is 1. The van der Waals surface area contributed by atoms with Gasteiger partial charge in [0.1, 0.15) is 0 Å². The second-order valence-corrected chi connectivity index (χ2v) is 6.14. The van der Waals surface area contributed by atoms with Crippen molar-refractivity contribution >= 4 is 5.91 Å². The van der Waals surface area contributed by atoms with E-state index in [9.17, 15) is 4.79 Å². The summed E-state index contributed by atoms with van der Waals surface area (Å²) in [5, 5.41) is 3.45. The molecule has 19 heavy (non-hydrogen) atoms. The molecule has 4 heteroatoms. The Morgan fingerprint density at radius 3 is 2.58 bits per heavy atom. The van der Waals surface area contributed by atoms with Crippen LogP contribution in [0.15, 0.2) is 0 Å². The number of rotatable bonds is 5. The van der Waals surface area contributed by atoms with Crippen LogP contribution in [0.1, 0.15) is 46.5 Å². The summed E-state index contributed by atoms with van der Waals surface area (Å²) in [4.78, 5) is 17.0. The van der Waals surface area contributed by atoms with Gasteiger partial charge in [0.15, 0.2) is 0 Å². The third-order valence-electron chi connectivity index (χ3n) is 4.76. The number of hydrogen-bond acceptors (Lipinski definition) is 3. The second kappa shape index (κ2) is 6.71. The van der Waals surface area contributed by atoms with E-state index >= 15 is 0 Å². The SMILES string of the molecule is CCC(C)C1NC(C)N(CCN2CCCCC2)C1=O. The first-order chi connectivity index (χ1) is 9.13. The molecule has 3 atom stereocenters. The van der Waals surface area contributed by atoms with E-state index < -0.39 is 0 Å². The van der Waals surface area contributed by atoms with Crippen LogP contribution in [-0.2, 0) is 4.79 Å². The molecule has 3 unspecified atom stereocenters. The molecule has 0 aromatic rings. The molecule has 1 N–H and O–H groups in total. The molecule has 2 aliphatic heterocycles. The van der Waals surface area contributed by atoms with Crippen molar-refractivity contribution in [3.05, 3.63) is 0 Å². The quantitative estimate of drug-likeness (QED) is 0.823. The first-order valence-electron chi connectivity index (χ1n) is 7.92. The van der Waals surface area contributed by atoms with Gasteiger partial charge in [-0.1, -0.05) is 26.7 Å². The molecule has 2 saturated heterocycles. The lowest BCUT2D eigenvalue weighted by Crippen LogP contribution is -2.42. The van der Waals surface area contributed by atoms with Gasteiger partial charge in [-0.05, 0) is 38.8 Å². The summed E-state index contributed by atoms with van der Waals surface area (Å²) in [6.45, 7) is 10.7. The van der Waals surface area contributed by atoms with Crippen molar-refractivity contribution in [2.75, 3.05) is 26.2 Å². The van der Waals surface area contributed by atoms with Crippen LogP contribution in [0.3, 0.4) is 0 Å². The zero-order valence-electron chi connectivity index (χ0n) is 12.7. The van der Waals surface area contributed by atoms with E-state index in [4.69, 9.17) is 0 Å². The maximum atomic E-state index is 12.4. The monoisotopic (exact) mass is 267 g/mol. The van der Waals surface area contributed by atoms with E-state index in [0.29, 0.717) is 11.8 Å². The van der Waals surface area contributed by atoms with Gasteiger partial charge in [0, 0.05) is 13.1 Å². The second-order valence-electron chi connectivity index (χ2n) is 6.14. The van der Waals surface area contributed by atoms with Gasteiger partial charge in [-0.15, -0.1) is 0 Å². The Bertz CT molecular complexity index is 302. The maximum Gasteiger partial charge on any atom is 0.241 e. The molecule has 0 saturated carbocycles. The number of nitrogens with zero attached hydrogens (tertiary/aromatic N) is 2. The van der Waals surface area contributed by atoms with E-state index in [0.717, 1.165) is 19.5 Å². The predicted octanol–water partition coefficient (Wildman–Crippen LogP) is 1.66. The summed E-state index contributed by atoms with van der Waals surface area (Å²) in [5.74, 6) is 0.730. The van der Waals surface area contributed by atoms with Gasteiger partial charge < -0.3 is 9.80 Å². The van der Waals surface area contributed by atoms with Crippen molar-refractivity contribution in [3.8, 4) is 0 Å². The average Bonchev–Trinajstić information content (AvgIpc) is 2.72. The van der Waals surface area contributed by atoms with E-state index in [2.05, 4.69) is 31.0 Å². The van der Waals surface area contributed by atoms with Crippen LogP contribution in [0.2, 0.25) is 0 Å². The Labute approximate surface area is 117 Å². The van der Waals surface area contributed by atoms with Crippen LogP contribution >= 0.6 is 0 Å². The highest BCUT2D eigenvalue weighted by Gasteiger charge is 2.38. The molecule has 2 fully saturated rings. The van der Waals surface area contributed by atoms with Gasteiger partial charge in [-0.25, -0.2) is 0 Å². The maximum absolute atomic E-state index is 12.4. The van der Waals surface area contributed by atoms with Crippen molar-refractivity contribution in [2.24, 2.45) is 5.92 Å². The van der Waals surface area contributed by atoms with Gasteiger partial charge in [0.05, 0.1) is 12.2 Å². The van der Waals surface area contributed by atoms with E-state index in [1.54, 1.807) is 0 Å². The Morgan fingerprint density at radius 2 is 1.95 bits per heavy atom. The van der Waals surface area contributed by atoms with Crippen molar-refractivity contribution < 1.29 is 4.79 Å². The number of amides is 1. The van der Waals surface area contributed by atoms with Crippen molar-refractivity contribution in [2.45, 2.75) is 58.7 Å². The first-order valence-corrected chi connectivity index (χ1v) is 7.92. The van der Waals surface area contributed by atoms with Crippen molar-refractivity contribution in [3.63, 3.8) is 0 Å². The molecule has 0 spiro atoms. The molecule has 0 bridgehead atoms. The fourth-order valence-electron chi connectivity index (χ4n) is 3.17. The summed E-state index contributed by atoms with van der Waals surface area (Å²) < 4.78 is 0. The highest BCUT2D eigenvalue weighted by molar-refractivity contribution is 5.84.